The van der Waals surface area contributed by atoms with E-state index in [-0.39, 0.29) is 11.5 Å². The van der Waals surface area contributed by atoms with E-state index in [1.807, 2.05) is 0 Å². The number of ether oxygens (including phenoxy) is 1. The summed E-state index contributed by atoms with van der Waals surface area (Å²) in [5.74, 6) is 1.66. The van der Waals surface area contributed by atoms with E-state index in [9.17, 15) is 4.79 Å². The summed E-state index contributed by atoms with van der Waals surface area (Å²) in [6.07, 6.45) is 8.35. The average Bonchev–Trinajstić information content (AvgIpc) is 2.61. The van der Waals surface area contributed by atoms with Gasteiger partial charge in [-0.1, -0.05) is 44.9 Å². The number of fused-ring (bicyclic) bond motifs is 1. The fourth-order valence-corrected chi connectivity index (χ4v) is 4.29. The molecule has 0 aliphatic carbocycles. The van der Waals surface area contributed by atoms with Gasteiger partial charge in [0.05, 0.1) is 0 Å². The number of hydrogen-bond donors (Lipinski definition) is 0. The second-order valence-corrected chi connectivity index (χ2v) is 7.49. The molecule has 2 heterocycles. The lowest BCUT2D eigenvalue weighted by Gasteiger charge is -2.45. The van der Waals surface area contributed by atoms with E-state index in [0.29, 0.717) is 5.91 Å². The third-order valence-corrected chi connectivity index (χ3v) is 5.76. The zero-order chi connectivity index (χ0) is 17.0. The van der Waals surface area contributed by atoms with Crippen LogP contribution in [0.5, 0.6) is 5.75 Å². The molecule has 0 unspecified atom stereocenters. The van der Waals surface area contributed by atoms with E-state index in [1.54, 1.807) is 0 Å². The summed E-state index contributed by atoms with van der Waals surface area (Å²) in [5, 5.41) is 0. The van der Waals surface area contributed by atoms with Gasteiger partial charge >= 0.3 is 0 Å². The van der Waals surface area contributed by atoms with Crippen molar-refractivity contribution in [1.29, 1.82) is 0 Å². The second kappa shape index (κ2) is 7.58. The molecule has 132 valence electrons. The van der Waals surface area contributed by atoms with Crippen molar-refractivity contribution in [1.82, 2.24) is 4.90 Å². The predicted molar refractivity (Wildman–Crippen MR) is 97.2 cm³/mol. The molecule has 24 heavy (non-hydrogen) atoms. The van der Waals surface area contributed by atoms with Crippen LogP contribution in [0, 0.1) is 5.92 Å². The lowest BCUT2D eigenvalue weighted by Crippen LogP contribution is -2.52. The third-order valence-electron chi connectivity index (χ3n) is 5.76. The Morgan fingerprint density at radius 2 is 1.79 bits per heavy atom. The number of aryl methyl sites for hydroxylation is 1. The molecule has 2 aliphatic rings. The van der Waals surface area contributed by atoms with Crippen LogP contribution in [0.15, 0.2) is 24.3 Å². The fourth-order valence-electron chi connectivity index (χ4n) is 4.29. The highest BCUT2D eigenvalue weighted by molar-refractivity contribution is 5.79. The Kier molecular flexibility index (Phi) is 5.47. The topological polar surface area (TPSA) is 29.5 Å². The second-order valence-electron chi connectivity index (χ2n) is 7.49. The normalized spacial score (nSPS) is 19.2. The van der Waals surface area contributed by atoms with Gasteiger partial charge in [-0.2, -0.15) is 0 Å². The quantitative estimate of drug-likeness (QED) is 0.791. The van der Waals surface area contributed by atoms with Crippen molar-refractivity contribution in [3.05, 3.63) is 29.8 Å². The highest BCUT2D eigenvalue weighted by atomic mass is 16.5. The van der Waals surface area contributed by atoms with Crippen LogP contribution in [-0.4, -0.2) is 29.5 Å². The van der Waals surface area contributed by atoms with E-state index in [4.69, 9.17) is 4.74 Å². The Hall–Kier alpha value is -1.51. The molecule has 0 bridgehead atoms. The zero-order valence-corrected chi connectivity index (χ0v) is 15.2. The molecule has 3 rings (SSSR count). The largest absolute Gasteiger partial charge is 0.487 e. The predicted octanol–water partition coefficient (Wildman–Crippen LogP) is 4.59. The molecule has 1 aromatic carbocycles. The summed E-state index contributed by atoms with van der Waals surface area (Å²) in [4.78, 5) is 14.9. The van der Waals surface area contributed by atoms with Crippen LogP contribution in [0.2, 0.25) is 0 Å². The van der Waals surface area contributed by atoms with Crippen molar-refractivity contribution in [2.24, 2.45) is 5.92 Å². The highest BCUT2D eigenvalue weighted by Gasteiger charge is 2.40. The Morgan fingerprint density at radius 3 is 2.46 bits per heavy atom. The van der Waals surface area contributed by atoms with Gasteiger partial charge in [0.15, 0.2) is 0 Å². The van der Waals surface area contributed by atoms with Crippen LogP contribution in [0.4, 0.5) is 0 Å². The molecule has 1 amide bonds. The first-order valence-corrected chi connectivity index (χ1v) is 9.73. The minimum Gasteiger partial charge on any atom is -0.487 e. The smallest absolute Gasteiger partial charge is 0.225 e. The van der Waals surface area contributed by atoms with Gasteiger partial charge in [0, 0.05) is 31.8 Å². The Balaban J connectivity index is 1.61. The van der Waals surface area contributed by atoms with E-state index in [0.717, 1.165) is 70.2 Å². The zero-order valence-electron chi connectivity index (χ0n) is 15.2. The molecule has 0 N–H and O–H groups in total. The number of nitrogens with zero attached hydrogens (tertiary/aromatic N) is 1. The van der Waals surface area contributed by atoms with Gasteiger partial charge in [0.25, 0.3) is 0 Å². The molecule has 3 nitrogen and oxygen atoms in total. The molecule has 1 aromatic rings. The fraction of sp³-hybridized carbons (Fsp3) is 0.667. The molecule has 3 heteroatoms. The molecular weight excluding hydrogens is 298 g/mol. The number of benzene rings is 1. The first-order chi connectivity index (χ1) is 11.7. The van der Waals surface area contributed by atoms with Crippen molar-refractivity contribution in [3.8, 4) is 5.75 Å². The van der Waals surface area contributed by atoms with E-state index >= 15 is 0 Å². The summed E-state index contributed by atoms with van der Waals surface area (Å²) in [7, 11) is 0. The number of para-hydroxylation sites is 1. The molecule has 0 atom stereocenters. The Labute approximate surface area is 146 Å². The summed E-state index contributed by atoms with van der Waals surface area (Å²) in [5.41, 5.74) is 1.28. The maximum atomic E-state index is 12.8. The number of carbonyl (C=O) groups is 1. The van der Waals surface area contributed by atoms with Crippen molar-refractivity contribution >= 4 is 5.91 Å². The van der Waals surface area contributed by atoms with Gasteiger partial charge in [-0.25, -0.2) is 0 Å². The van der Waals surface area contributed by atoms with E-state index < -0.39 is 0 Å². The molecule has 0 saturated carbocycles. The SMILES string of the molecule is CCCC(CCC)C(=O)N1CCC2(CCc3ccccc3O2)CC1. The van der Waals surface area contributed by atoms with Crippen molar-refractivity contribution < 1.29 is 9.53 Å². The average molecular weight is 329 g/mol. The first-order valence-electron chi connectivity index (χ1n) is 9.73. The summed E-state index contributed by atoms with van der Waals surface area (Å²) in [6, 6.07) is 8.40. The van der Waals surface area contributed by atoms with Gasteiger partial charge in [0.1, 0.15) is 11.4 Å². The number of likely N-dealkylation sites (tertiary alicyclic amines) is 1. The molecule has 0 radical (unpaired) electrons. The number of carbonyl (C=O) groups excluding carboxylic acids is 1. The van der Waals surface area contributed by atoms with Crippen LogP contribution in [-0.2, 0) is 11.2 Å². The third kappa shape index (κ3) is 3.60. The Morgan fingerprint density at radius 1 is 1.12 bits per heavy atom. The van der Waals surface area contributed by atoms with Crippen LogP contribution in [0.25, 0.3) is 0 Å². The van der Waals surface area contributed by atoms with Crippen LogP contribution in [0.1, 0.15) is 64.4 Å². The highest BCUT2D eigenvalue weighted by Crippen LogP contribution is 2.39. The monoisotopic (exact) mass is 329 g/mol. The van der Waals surface area contributed by atoms with Gasteiger partial charge in [-0.3, -0.25) is 4.79 Å². The number of hydrogen-bond acceptors (Lipinski definition) is 2. The lowest BCUT2D eigenvalue weighted by molar-refractivity contribution is -0.140. The summed E-state index contributed by atoms with van der Waals surface area (Å²) in [6.45, 7) is 6.05. The molecular formula is C21H31NO2. The summed E-state index contributed by atoms with van der Waals surface area (Å²) < 4.78 is 6.41. The van der Waals surface area contributed by atoms with Crippen LogP contribution in [0.3, 0.4) is 0 Å². The minimum atomic E-state index is -0.0455. The number of rotatable bonds is 5. The van der Waals surface area contributed by atoms with Crippen LogP contribution < -0.4 is 4.74 Å². The molecule has 1 spiro atoms. The Bertz CT molecular complexity index is 555. The van der Waals surface area contributed by atoms with Crippen molar-refractivity contribution in [2.45, 2.75) is 70.8 Å². The molecule has 0 aromatic heterocycles. The van der Waals surface area contributed by atoms with E-state index in [2.05, 4.69) is 43.0 Å². The molecule has 1 saturated heterocycles. The van der Waals surface area contributed by atoms with Crippen molar-refractivity contribution in [3.63, 3.8) is 0 Å². The minimum absolute atomic E-state index is 0.0455. The van der Waals surface area contributed by atoms with Crippen LogP contribution >= 0.6 is 0 Å². The number of amides is 1. The molecule has 1 fully saturated rings. The first kappa shape index (κ1) is 17.3. The van der Waals surface area contributed by atoms with Crippen molar-refractivity contribution in [2.75, 3.05) is 13.1 Å². The lowest BCUT2D eigenvalue weighted by atomic mass is 9.82. The standard InChI is InChI=1S/C21H31NO2/c1-3-7-18(8-4-2)20(23)22-15-13-21(14-16-22)12-11-17-9-5-6-10-19(17)24-21/h5-6,9-10,18H,3-4,7-8,11-16H2,1-2H3. The molecule has 2 aliphatic heterocycles. The van der Waals surface area contributed by atoms with Gasteiger partial charge in [0.2, 0.25) is 5.91 Å². The summed E-state index contributed by atoms with van der Waals surface area (Å²) >= 11 is 0. The van der Waals surface area contributed by atoms with Gasteiger partial charge in [-0.15, -0.1) is 0 Å². The van der Waals surface area contributed by atoms with Gasteiger partial charge in [-0.05, 0) is 37.3 Å². The van der Waals surface area contributed by atoms with Gasteiger partial charge < -0.3 is 9.64 Å². The maximum Gasteiger partial charge on any atom is 0.225 e. The number of piperidine rings is 1. The maximum absolute atomic E-state index is 12.8. The van der Waals surface area contributed by atoms with E-state index in [1.165, 1.54) is 5.56 Å².